The lowest BCUT2D eigenvalue weighted by Crippen LogP contribution is -2.04. The Labute approximate surface area is 83.0 Å². The summed E-state index contributed by atoms with van der Waals surface area (Å²) in [6, 6.07) is 2.03. The molecule has 0 amide bonds. The molecule has 0 saturated carbocycles. The van der Waals surface area contributed by atoms with Crippen LogP contribution in [0, 0.1) is 0 Å². The number of rotatable bonds is 1. The van der Waals surface area contributed by atoms with Gasteiger partial charge in [-0.1, -0.05) is 0 Å². The summed E-state index contributed by atoms with van der Waals surface area (Å²) in [5, 5.41) is 10.4. The van der Waals surface area contributed by atoms with Crippen molar-refractivity contribution in [3.63, 3.8) is 0 Å². The van der Waals surface area contributed by atoms with Crippen LogP contribution >= 0.6 is 23.1 Å². The summed E-state index contributed by atoms with van der Waals surface area (Å²) in [6.45, 7) is 0. The molecular formula is C8H6O3S2. The second-order valence-electron chi connectivity index (χ2n) is 2.42. The van der Waals surface area contributed by atoms with Gasteiger partial charge in [-0.3, -0.25) is 0 Å². The van der Waals surface area contributed by atoms with E-state index in [1.807, 2.05) is 11.4 Å². The predicted octanol–water partition coefficient (Wildman–Crippen LogP) is 2.89. The molecule has 13 heavy (non-hydrogen) atoms. The summed E-state index contributed by atoms with van der Waals surface area (Å²) in [4.78, 5) is 12.5. The Bertz CT molecular complexity index is 367. The van der Waals surface area contributed by atoms with Gasteiger partial charge in [0.05, 0.1) is 5.75 Å². The first-order valence-electron chi connectivity index (χ1n) is 3.57. The van der Waals surface area contributed by atoms with Crippen LogP contribution in [0.1, 0.15) is 4.88 Å². The van der Waals surface area contributed by atoms with E-state index >= 15 is 0 Å². The fraction of sp³-hybridized carbons (Fsp3) is 0.125. The lowest BCUT2D eigenvalue weighted by molar-refractivity contribution is 0.120. The highest BCUT2D eigenvalue weighted by Gasteiger charge is 2.14. The Hall–Kier alpha value is -0.940. The summed E-state index contributed by atoms with van der Waals surface area (Å²) in [5.41, 5.74) is 0. The average molecular weight is 214 g/mol. The lowest BCUT2D eigenvalue weighted by atomic mass is 10.4. The lowest BCUT2D eigenvalue weighted by Gasteiger charge is -2.10. The van der Waals surface area contributed by atoms with E-state index in [1.54, 1.807) is 29.2 Å². The Balaban J connectivity index is 2.22. The first kappa shape index (κ1) is 8.65. The maximum atomic E-state index is 10.2. The van der Waals surface area contributed by atoms with Crippen molar-refractivity contribution in [1.29, 1.82) is 0 Å². The van der Waals surface area contributed by atoms with Gasteiger partial charge in [-0.05, 0) is 17.5 Å². The fourth-order valence-corrected chi connectivity index (χ4v) is 2.99. The van der Waals surface area contributed by atoms with Gasteiger partial charge in [0, 0.05) is 9.77 Å². The van der Waals surface area contributed by atoms with E-state index in [9.17, 15) is 4.79 Å². The van der Waals surface area contributed by atoms with Crippen molar-refractivity contribution in [3.05, 3.63) is 22.1 Å². The van der Waals surface area contributed by atoms with Crippen LogP contribution in [0.5, 0.6) is 0 Å². The van der Waals surface area contributed by atoms with Crippen LogP contribution in [0.25, 0.3) is 6.08 Å². The molecule has 0 radical (unpaired) electrons. The Morgan fingerprint density at radius 2 is 2.46 bits per heavy atom. The molecule has 0 unspecified atom stereocenters. The Kier molecular flexibility index (Phi) is 2.28. The number of thiophene rings is 1. The highest BCUT2D eigenvalue weighted by atomic mass is 32.2. The molecule has 1 aliphatic rings. The van der Waals surface area contributed by atoms with Crippen molar-refractivity contribution >= 4 is 35.3 Å². The van der Waals surface area contributed by atoms with E-state index in [0.717, 1.165) is 4.88 Å². The van der Waals surface area contributed by atoms with Gasteiger partial charge in [-0.25, -0.2) is 4.79 Å². The zero-order valence-corrected chi connectivity index (χ0v) is 8.15. The second kappa shape index (κ2) is 3.43. The van der Waals surface area contributed by atoms with Crippen molar-refractivity contribution in [1.82, 2.24) is 0 Å². The number of carboxylic acid groups (broad SMARTS) is 1. The van der Waals surface area contributed by atoms with Gasteiger partial charge >= 0.3 is 6.16 Å². The molecule has 0 fully saturated rings. The van der Waals surface area contributed by atoms with Gasteiger partial charge in [0.25, 0.3) is 0 Å². The van der Waals surface area contributed by atoms with Gasteiger partial charge in [-0.15, -0.1) is 23.1 Å². The first-order valence-corrected chi connectivity index (χ1v) is 5.44. The summed E-state index contributed by atoms with van der Waals surface area (Å²) in [5.74, 6) is 1.10. The molecule has 3 nitrogen and oxygen atoms in total. The molecule has 1 aliphatic heterocycles. The number of thioether (sulfide) groups is 1. The van der Waals surface area contributed by atoms with Crippen LogP contribution in [0.4, 0.5) is 4.79 Å². The van der Waals surface area contributed by atoms with Gasteiger partial charge < -0.3 is 9.84 Å². The number of hydrogen-bond donors (Lipinski definition) is 1. The van der Waals surface area contributed by atoms with Crippen LogP contribution in [0.3, 0.4) is 0 Å². The van der Waals surface area contributed by atoms with E-state index in [-0.39, 0.29) is 0 Å². The van der Waals surface area contributed by atoms with Crippen molar-refractivity contribution in [3.8, 4) is 0 Å². The summed E-state index contributed by atoms with van der Waals surface area (Å²) >= 11 is 3.19. The van der Waals surface area contributed by atoms with Gasteiger partial charge in [0.15, 0.2) is 0 Å². The zero-order valence-electron chi connectivity index (χ0n) is 6.52. The van der Waals surface area contributed by atoms with Crippen LogP contribution in [-0.4, -0.2) is 17.0 Å². The van der Waals surface area contributed by atoms with Crippen LogP contribution in [0.15, 0.2) is 22.1 Å². The maximum absolute atomic E-state index is 10.2. The van der Waals surface area contributed by atoms with Crippen LogP contribution in [-0.2, 0) is 4.74 Å². The number of carbonyl (C=O) groups is 1. The average Bonchev–Trinajstić information content (AvgIpc) is 2.49. The van der Waals surface area contributed by atoms with E-state index in [1.165, 1.54) is 4.90 Å². The van der Waals surface area contributed by atoms with E-state index in [0.29, 0.717) is 11.5 Å². The standard InChI is InChI=1S/C8H6O3S2/c9-8(10)11-5-3-7-6(13-4-5)1-2-12-7/h1-3H,4H2,(H,9,10). The van der Waals surface area contributed by atoms with Crippen molar-refractivity contribution in [2.24, 2.45) is 0 Å². The molecule has 2 heterocycles. The van der Waals surface area contributed by atoms with E-state index < -0.39 is 6.16 Å². The quantitative estimate of drug-likeness (QED) is 0.730. The third kappa shape index (κ3) is 1.87. The Morgan fingerprint density at radius 1 is 1.62 bits per heavy atom. The summed E-state index contributed by atoms with van der Waals surface area (Å²) in [7, 11) is 0. The third-order valence-electron chi connectivity index (χ3n) is 1.54. The first-order chi connectivity index (χ1) is 6.25. The van der Waals surface area contributed by atoms with Gasteiger partial charge in [0.1, 0.15) is 5.76 Å². The largest absolute Gasteiger partial charge is 0.511 e. The zero-order chi connectivity index (χ0) is 9.26. The van der Waals surface area contributed by atoms with Crippen molar-refractivity contribution < 1.29 is 14.6 Å². The van der Waals surface area contributed by atoms with Crippen LogP contribution in [0.2, 0.25) is 0 Å². The molecule has 1 N–H and O–H groups in total. The fourth-order valence-electron chi connectivity index (χ4n) is 1.04. The molecule has 0 spiro atoms. The topological polar surface area (TPSA) is 46.5 Å². The second-order valence-corrected chi connectivity index (χ2v) is 4.38. The number of ether oxygens (including phenoxy) is 1. The molecular weight excluding hydrogens is 208 g/mol. The molecule has 0 aromatic carbocycles. The monoisotopic (exact) mass is 214 g/mol. The molecule has 5 heteroatoms. The normalized spacial score (nSPS) is 14.6. The Morgan fingerprint density at radius 3 is 3.23 bits per heavy atom. The minimum absolute atomic E-state index is 0.507. The molecule has 0 bridgehead atoms. The van der Waals surface area contributed by atoms with Gasteiger partial charge in [-0.2, -0.15) is 0 Å². The molecule has 68 valence electrons. The highest BCUT2D eigenvalue weighted by molar-refractivity contribution is 7.99. The number of hydrogen-bond acceptors (Lipinski definition) is 4. The minimum Gasteiger partial charge on any atom is -0.449 e. The molecule has 1 aromatic rings. The van der Waals surface area contributed by atoms with E-state index in [2.05, 4.69) is 4.74 Å². The maximum Gasteiger partial charge on any atom is 0.511 e. The highest BCUT2D eigenvalue weighted by Crippen LogP contribution is 2.35. The summed E-state index contributed by atoms with van der Waals surface area (Å²) in [6.07, 6.45) is 0.539. The molecule has 1 aromatic heterocycles. The smallest absolute Gasteiger partial charge is 0.449 e. The van der Waals surface area contributed by atoms with Crippen LogP contribution < -0.4 is 0 Å². The molecule has 2 rings (SSSR count). The third-order valence-corrected chi connectivity index (χ3v) is 3.63. The minimum atomic E-state index is -1.24. The van der Waals surface area contributed by atoms with E-state index in [4.69, 9.17) is 5.11 Å². The molecule has 0 saturated heterocycles. The predicted molar refractivity (Wildman–Crippen MR) is 52.1 cm³/mol. The van der Waals surface area contributed by atoms with Crippen molar-refractivity contribution in [2.75, 3.05) is 5.75 Å². The summed E-state index contributed by atoms with van der Waals surface area (Å²) < 4.78 is 4.58. The van der Waals surface area contributed by atoms with Crippen molar-refractivity contribution in [2.45, 2.75) is 4.90 Å². The van der Waals surface area contributed by atoms with Gasteiger partial charge in [0.2, 0.25) is 0 Å². The molecule has 0 aliphatic carbocycles. The SMILES string of the molecule is O=C(O)OC1=Cc2sccc2SC1. The number of fused-ring (bicyclic) bond motifs is 1. The molecule has 0 atom stereocenters.